The molecule has 118 valence electrons. The predicted octanol–water partition coefficient (Wildman–Crippen LogP) is 3.94. The van der Waals surface area contributed by atoms with E-state index in [0.717, 1.165) is 23.4 Å². The second-order valence-corrected chi connectivity index (χ2v) is 9.12. The third kappa shape index (κ3) is 2.38. The van der Waals surface area contributed by atoms with Crippen molar-refractivity contribution in [2.24, 2.45) is 0 Å². The molecule has 2 saturated heterocycles. The Kier molecular flexibility index (Phi) is 4.06. The number of hydrogen-bond donors (Lipinski definition) is 0. The first-order valence-electron chi connectivity index (χ1n) is 7.36. The van der Waals surface area contributed by atoms with Gasteiger partial charge in [-0.05, 0) is 31.9 Å². The molecular formula is C17H20BrNO2S. The molecule has 2 fully saturated rings. The molecule has 5 heteroatoms. The highest BCUT2D eigenvalue weighted by atomic mass is 79.9. The van der Waals surface area contributed by atoms with Gasteiger partial charge in [-0.1, -0.05) is 46.3 Å². The maximum Gasteiger partial charge on any atom is 0.354 e. The van der Waals surface area contributed by atoms with Crippen molar-refractivity contribution in [1.82, 2.24) is 4.90 Å². The van der Waals surface area contributed by atoms with E-state index in [4.69, 9.17) is 4.74 Å². The first kappa shape index (κ1) is 15.9. The van der Waals surface area contributed by atoms with E-state index in [1.54, 1.807) is 0 Å². The van der Waals surface area contributed by atoms with Crippen LogP contribution in [0.1, 0.15) is 26.3 Å². The lowest BCUT2D eigenvalue weighted by atomic mass is 9.87. The summed E-state index contributed by atoms with van der Waals surface area (Å²) in [6, 6.07) is 9.78. The van der Waals surface area contributed by atoms with Gasteiger partial charge < -0.3 is 9.64 Å². The van der Waals surface area contributed by atoms with Gasteiger partial charge in [-0.2, -0.15) is 0 Å². The van der Waals surface area contributed by atoms with E-state index in [0.29, 0.717) is 12.3 Å². The number of thioether (sulfide) groups is 1. The van der Waals surface area contributed by atoms with Gasteiger partial charge in [-0.3, -0.25) is 0 Å². The van der Waals surface area contributed by atoms with Gasteiger partial charge in [0.05, 0.1) is 4.32 Å². The quantitative estimate of drug-likeness (QED) is 0.448. The largest absolute Gasteiger partial charge is 0.456 e. The number of likely N-dealkylation sites (tertiary alicyclic amines) is 1. The molecule has 0 saturated carbocycles. The zero-order chi connectivity index (χ0) is 16.0. The van der Waals surface area contributed by atoms with Gasteiger partial charge >= 0.3 is 5.97 Å². The lowest BCUT2D eigenvalue weighted by molar-refractivity contribution is -0.144. The van der Waals surface area contributed by atoms with Crippen LogP contribution in [0.15, 0.2) is 41.6 Å². The molecule has 1 aromatic carbocycles. The molecule has 0 N–H and O–H groups in total. The molecule has 3 nitrogen and oxygen atoms in total. The molecule has 2 aliphatic rings. The number of hydrogen-bond acceptors (Lipinski definition) is 4. The Labute approximate surface area is 144 Å². The summed E-state index contributed by atoms with van der Waals surface area (Å²) in [7, 11) is 0. The van der Waals surface area contributed by atoms with Crippen LogP contribution in [0.2, 0.25) is 0 Å². The second-order valence-electron chi connectivity index (χ2n) is 6.23. The Hall–Kier alpha value is -0.940. The minimum absolute atomic E-state index is 0.0363. The first-order chi connectivity index (χ1) is 10.4. The molecule has 2 atom stereocenters. The topological polar surface area (TPSA) is 29.5 Å². The highest BCUT2D eigenvalue weighted by Crippen LogP contribution is 2.64. The molecule has 1 aromatic rings. The van der Waals surface area contributed by atoms with Gasteiger partial charge in [0, 0.05) is 12.3 Å². The van der Waals surface area contributed by atoms with Gasteiger partial charge in [0.25, 0.3) is 0 Å². The van der Waals surface area contributed by atoms with E-state index in [9.17, 15) is 4.79 Å². The van der Waals surface area contributed by atoms with Crippen LogP contribution in [-0.4, -0.2) is 32.4 Å². The molecular weight excluding hydrogens is 362 g/mol. The highest BCUT2D eigenvalue weighted by Gasteiger charge is 2.69. The number of halogens is 1. The summed E-state index contributed by atoms with van der Waals surface area (Å²) in [4.78, 5) is 14.7. The number of nitrogens with zero attached hydrogens (tertiary/aromatic N) is 1. The summed E-state index contributed by atoms with van der Waals surface area (Å²) in [6.45, 7) is 7.30. The summed E-state index contributed by atoms with van der Waals surface area (Å²) in [6.07, 6.45) is 0. The Morgan fingerprint density at radius 3 is 2.50 bits per heavy atom. The molecule has 0 amide bonds. The molecule has 0 bridgehead atoms. The number of alkyl halides is 1. The zero-order valence-electron chi connectivity index (χ0n) is 13.1. The molecule has 0 radical (unpaired) electrons. The lowest BCUT2D eigenvalue weighted by Gasteiger charge is -2.70. The molecule has 2 aliphatic heterocycles. The van der Waals surface area contributed by atoms with Crippen molar-refractivity contribution in [3.8, 4) is 0 Å². The first-order valence-corrected chi connectivity index (χ1v) is 9.14. The smallest absolute Gasteiger partial charge is 0.354 e. The van der Waals surface area contributed by atoms with Gasteiger partial charge in [-0.15, -0.1) is 11.8 Å². The molecule has 3 rings (SSSR count). The van der Waals surface area contributed by atoms with E-state index in [1.807, 2.05) is 55.9 Å². The minimum Gasteiger partial charge on any atom is -0.456 e. The van der Waals surface area contributed by atoms with E-state index < -0.39 is 0 Å². The molecule has 0 spiro atoms. The second kappa shape index (κ2) is 5.60. The number of carbonyl (C=O) groups excluding carboxylic acids is 1. The fourth-order valence-electron chi connectivity index (χ4n) is 2.93. The fourth-order valence-corrected chi connectivity index (χ4v) is 5.42. The summed E-state index contributed by atoms with van der Waals surface area (Å²) < 4.78 is 5.67. The van der Waals surface area contributed by atoms with Crippen LogP contribution in [0, 0.1) is 0 Å². The summed E-state index contributed by atoms with van der Waals surface area (Å²) in [5.41, 5.74) is 2.72. The van der Waals surface area contributed by atoms with Crippen LogP contribution in [0.4, 0.5) is 0 Å². The van der Waals surface area contributed by atoms with E-state index in [1.165, 1.54) is 0 Å². The highest BCUT2D eigenvalue weighted by molar-refractivity contribution is 9.10. The van der Waals surface area contributed by atoms with Gasteiger partial charge in [0.2, 0.25) is 0 Å². The zero-order valence-corrected chi connectivity index (χ0v) is 15.5. The summed E-state index contributed by atoms with van der Waals surface area (Å²) in [5, 5.41) is 0. The Morgan fingerprint density at radius 2 is 2.05 bits per heavy atom. The Morgan fingerprint density at radius 1 is 1.36 bits per heavy atom. The number of ether oxygens (including phenoxy) is 1. The molecule has 2 heterocycles. The molecule has 0 aliphatic carbocycles. The van der Waals surface area contributed by atoms with E-state index >= 15 is 0 Å². The third-order valence-electron chi connectivity index (χ3n) is 4.49. The van der Waals surface area contributed by atoms with E-state index in [-0.39, 0.29) is 15.2 Å². The normalized spacial score (nSPS) is 29.0. The number of allylic oxidation sites excluding steroid dienone is 1. The van der Waals surface area contributed by atoms with Crippen LogP contribution in [-0.2, 0) is 16.1 Å². The van der Waals surface area contributed by atoms with Crippen LogP contribution >= 0.6 is 27.7 Å². The van der Waals surface area contributed by atoms with Crippen molar-refractivity contribution in [3.63, 3.8) is 0 Å². The van der Waals surface area contributed by atoms with E-state index in [2.05, 4.69) is 27.8 Å². The van der Waals surface area contributed by atoms with Crippen molar-refractivity contribution in [2.75, 3.05) is 12.3 Å². The Balaban J connectivity index is 1.71. The summed E-state index contributed by atoms with van der Waals surface area (Å²) in [5.74, 6) is 0.863. The maximum absolute atomic E-state index is 12.6. The molecule has 0 aromatic heterocycles. The number of fused-ring (bicyclic) bond motifs is 1. The SMILES string of the molecule is CC(C)=C(C(=O)OCc1ccccc1)N1C[C@]2(Br)CSC12C. The van der Waals surface area contributed by atoms with Crippen molar-refractivity contribution in [3.05, 3.63) is 47.2 Å². The van der Waals surface area contributed by atoms with Crippen molar-refractivity contribution >= 4 is 33.7 Å². The monoisotopic (exact) mass is 381 g/mol. The fraction of sp³-hybridized carbons (Fsp3) is 0.471. The van der Waals surface area contributed by atoms with Gasteiger partial charge in [-0.25, -0.2) is 4.79 Å². The average molecular weight is 382 g/mol. The summed E-state index contributed by atoms with van der Waals surface area (Å²) >= 11 is 5.70. The number of rotatable bonds is 4. The number of esters is 1. The van der Waals surface area contributed by atoms with Gasteiger partial charge in [0.15, 0.2) is 0 Å². The predicted molar refractivity (Wildman–Crippen MR) is 93.8 cm³/mol. The van der Waals surface area contributed by atoms with Crippen molar-refractivity contribution < 1.29 is 9.53 Å². The van der Waals surface area contributed by atoms with Crippen LogP contribution in [0.5, 0.6) is 0 Å². The standard InChI is InChI=1S/C17H20BrNO2S/c1-12(2)14(19-10-17(18)11-22-16(17,19)3)15(20)21-9-13-7-5-4-6-8-13/h4-8H,9-11H2,1-3H3/t16?,17-/m0/s1. The third-order valence-corrected chi connectivity index (χ3v) is 8.23. The van der Waals surface area contributed by atoms with Gasteiger partial charge in [0.1, 0.15) is 17.2 Å². The minimum atomic E-state index is -0.230. The number of carbonyl (C=O) groups is 1. The van der Waals surface area contributed by atoms with Crippen LogP contribution < -0.4 is 0 Å². The van der Waals surface area contributed by atoms with Crippen molar-refractivity contribution in [2.45, 2.75) is 36.6 Å². The van der Waals surface area contributed by atoms with Crippen molar-refractivity contribution in [1.29, 1.82) is 0 Å². The van der Waals surface area contributed by atoms with Crippen LogP contribution in [0.25, 0.3) is 0 Å². The lowest BCUT2D eigenvalue weighted by Crippen LogP contribution is -2.80. The Bertz CT molecular complexity index is 629. The average Bonchev–Trinajstić information content (AvgIpc) is 2.51. The molecule has 22 heavy (non-hydrogen) atoms. The van der Waals surface area contributed by atoms with Crippen LogP contribution in [0.3, 0.4) is 0 Å². The number of benzene rings is 1. The maximum atomic E-state index is 12.6. The molecule has 1 unspecified atom stereocenters.